The molecule has 0 aromatic carbocycles. The minimum Gasteiger partial charge on any atom is -0.346 e. The molecule has 0 aliphatic heterocycles. The number of nitrogens with zero attached hydrogens (tertiary/aromatic N) is 5. The van der Waals surface area contributed by atoms with Gasteiger partial charge in [-0.2, -0.15) is 5.10 Å². The Kier molecular flexibility index (Phi) is 4.12. The molecule has 1 atom stereocenters. The van der Waals surface area contributed by atoms with Gasteiger partial charge in [-0.15, -0.1) is 11.3 Å². The molecule has 3 aromatic rings. The Morgan fingerprint density at radius 2 is 1.96 bits per heavy atom. The van der Waals surface area contributed by atoms with Crippen LogP contribution in [0.25, 0.3) is 11.3 Å². The predicted molar refractivity (Wildman–Crippen MR) is 92.6 cm³/mol. The van der Waals surface area contributed by atoms with Crippen molar-refractivity contribution < 1.29 is 0 Å². The summed E-state index contributed by atoms with van der Waals surface area (Å²) in [7, 11) is 1.90. The number of nitrogens with one attached hydrogen (secondary N) is 1. The van der Waals surface area contributed by atoms with Gasteiger partial charge in [0.25, 0.3) is 0 Å². The van der Waals surface area contributed by atoms with Crippen LogP contribution in [0.2, 0.25) is 0 Å². The SMILES string of the molecule is Cc1nc([C@H](C)Nc2ncc(C)c(-c3cnn(C)c3)n2)c(C)s1. The summed E-state index contributed by atoms with van der Waals surface area (Å²) < 4.78 is 1.77. The number of rotatable bonds is 4. The van der Waals surface area contributed by atoms with Crippen molar-refractivity contribution in [2.45, 2.75) is 33.7 Å². The highest BCUT2D eigenvalue weighted by Crippen LogP contribution is 2.26. The van der Waals surface area contributed by atoms with E-state index in [1.54, 1.807) is 16.0 Å². The molecule has 0 saturated carbocycles. The number of aryl methyl sites for hydroxylation is 4. The summed E-state index contributed by atoms with van der Waals surface area (Å²) in [5, 5.41) is 8.64. The van der Waals surface area contributed by atoms with Crippen molar-refractivity contribution in [1.29, 1.82) is 0 Å². The fourth-order valence-electron chi connectivity index (χ4n) is 2.56. The zero-order valence-electron chi connectivity index (χ0n) is 14.0. The summed E-state index contributed by atoms with van der Waals surface area (Å²) in [6.07, 6.45) is 5.61. The maximum Gasteiger partial charge on any atom is 0.223 e. The molecule has 0 fully saturated rings. The van der Waals surface area contributed by atoms with Crippen LogP contribution in [-0.4, -0.2) is 24.7 Å². The molecule has 3 rings (SSSR count). The minimum atomic E-state index is 0.0596. The molecule has 3 heterocycles. The normalized spacial score (nSPS) is 12.4. The van der Waals surface area contributed by atoms with E-state index in [9.17, 15) is 0 Å². The van der Waals surface area contributed by atoms with Crippen molar-refractivity contribution >= 4 is 17.3 Å². The Balaban J connectivity index is 1.88. The fraction of sp³-hybridized carbons (Fsp3) is 0.375. The maximum absolute atomic E-state index is 4.66. The Morgan fingerprint density at radius 1 is 1.17 bits per heavy atom. The van der Waals surface area contributed by atoms with Crippen LogP contribution in [-0.2, 0) is 7.05 Å². The largest absolute Gasteiger partial charge is 0.346 e. The lowest BCUT2D eigenvalue weighted by Gasteiger charge is -2.14. The van der Waals surface area contributed by atoms with Gasteiger partial charge in [-0.05, 0) is 33.3 Å². The highest BCUT2D eigenvalue weighted by Gasteiger charge is 2.15. The molecule has 0 bridgehead atoms. The molecule has 120 valence electrons. The number of hydrogen-bond acceptors (Lipinski definition) is 6. The van der Waals surface area contributed by atoms with Gasteiger partial charge in [0, 0.05) is 29.9 Å². The van der Waals surface area contributed by atoms with Crippen molar-refractivity contribution in [3.05, 3.63) is 39.7 Å². The first kappa shape index (κ1) is 15.6. The smallest absolute Gasteiger partial charge is 0.223 e. The summed E-state index contributed by atoms with van der Waals surface area (Å²) in [6.45, 7) is 8.20. The van der Waals surface area contributed by atoms with Crippen LogP contribution in [0.15, 0.2) is 18.6 Å². The van der Waals surface area contributed by atoms with Gasteiger partial charge in [-0.1, -0.05) is 0 Å². The Hall–Kier alpha value is -2.28. The van der Waals surface area contributed by atoms with E-state index in [0.29, 0.717) is 5.95 Å². The van der Waals surface area contributed by atoms with Crippen LogP contribution in [0.4, 0.5) is 5.95 Å². The molecule has 0 aliphatic rings. The van der Waals surface area contributed by atoms with Gasteiger partial charge < -0.3 is 5.32 Å². The van der Waals surface area contributed by atoms with Crippen molar-refractivity contribution in [3.8, 4) is 11.3 Å². The first-order valence-corrected chi connectivity index (χ1v) is 8.29. The number of thiazole rings is 1. The summed E-state index contributed by atoms with van der Waals surface area (Å²) in [4.78, 5) is 14.9. The number of hydrogen-bond donors (Lipinski definition) is 1. The topological polar surface area (TPSA) is 68.5 Å². The molecule has 1 N–H and O–H groups in total. The summed E-state index contributed by atoms with van der Waals surface area (Å²) in [5.41, 5.74) is 3.97. The van der Waals surface area contributed by atoms with Gasteiger partial charge in [0.05, 0.1) is 28.6 Å². The molecule has 0 aliphatic carbocycles. The van der Waals surface area contributed by atoms with Crippen molar-refractivity contribution in [1.82, 2.24) is 24.7 Å². The zero-order valence-corrected chi connectivity index (χ0v) is 14.8. The summed E-state index contributed by atoms with van der Waals surface area (Å²) >= 11 is 1.71. The Labute approximate surface area is 139 Å². The molecular formula is C16H20N6S. The van der Waals surface area contributed by atoms with E-state index in [4.69, 9.17) is 0 Å². The monoisotopic (exact) mass is 328 g/mol. The maximum atomic E-state index is 4.66. The Morgan fingerprint density at radius 3 is 2.57 bits per heavy atom. The third-order valence-corrected chi connectivity index (χ3v) is 4.55. The second-order valence-electron chi connectivity index (χ2n) is 5.67. The van der Waals surface area contributed by atoms with Gasteiger partial charge in [0.2, 0.25) is 5.95 Å². The highest BCUT2D eigenvalue weighted by atomic mass is 32.1. The molecule has 0 saturated heterocycles. The summed E-state index contributed by atoms with van der Waals surface area (Å²) in [6, 6.07) is 0.0596. The van der Waals surface area contributed by atoms with Crippen molar-refractivity contribution in [2.24, 2.45) is 7.05 Å². The van der Waals surface area contributed by atoms with E-state index < -0.39 is 0 Å². The van der Waals surface area contributed by atoms with Gasteiger partial charge in [-0.3, -0.25) is 4.68 Å². The van der Waals surface area contributed by atoms with Crippen LogP contribution in [0.1, 0.15) is 34.1 Å². The second-order valence-corrected chi connectivity index (χ2v) is 7.08. The van der Waals surface area contributed by atoms with E-state index in [-0.39, 0.29) is 6.04 Å². The highest BCUT2D eigenvalue weighted by molar-refractivity contribution is 7.11. The lowest BCUT2D eigenvalue weighted by atomic mass is 10.1. The average molecular weight is 328 g/mol. The van der Waals surface area contributed by atoms with E-state index in [2.05, 4.69) is 39.2 Å². The molecule has 0 unspecified atom stereocenters. The third-order valence-electron chi connectivity index (χ3n) is 3.65. The van der Waals surface area contributed by atoms with Crippen LogP contribution >= 0.6 is 11.3 Å². The first-order valence-electron chi connectivity index (χ1n) is 7.47. The molecule has 3 aromatic heterocycles. The van der Waals surface area contributed by atoms with Crippen LogP contribution in [0, 0.1) is 20.8 Å². The number of aromatic nitrogens is 5. The summed E-state index contributed by atoms with van der Waals surface area (Å²) in [5.74, 6) is 0.604. The third kappa shape index (κ3) is 3.24. The Bertz CT molecular complexity index is 835. The van der Waals surface area contributed by atoms with Crippen molar-refractivity contribution in [3.63, 3.8) is 0 Å². The van der Waals surface area contributed by atoms with Gasteiger partial charge in [0.1, 0.15) is 0 Å². The average Bonchev–Trinajstić information content (AvgIpc) is 3.06. The van der Waals surface area contributed by atoms with E-state index >= 15 is 0 Å². The molecule has 0 amide bonds. The van der Waals surface area contributed by atoms with E-state index in [1.807, 2.05) is 39.5 Å². The van der Waals surface area contributed by atoms with Crippen LogP contribution in [0.5, 0.6) is 0 Å². The molecule has 0 radical (unpaired) electrons. The molecule has 0 spiro atoms. The van der Waals surface area contributed by atoms with E-state index in [0.717, 1.165) is 27.5 Å². The predicted octanol–water partition coefficient (Wildman–Crippen LogP) is 3.43. The molecule has 6 nitrogen and oxygen atoms in total. The lowest BCUT2D eigenvalue weighted by Crippen LogP contribution is -2.11. The minimum absolute atomic E-state index is 0.0596. The quantitative estimate of drug-likeness (QED) is 0.794. The molecule has 7 heteroatoms. The fourth-order valence-corrected chi connectivity index (χ4v) is 3.47. The van der Waals surface area contributed by atoms with Crippen molar-refractivity contribution in [2.75, 3.05) is 5.32 Å². The van der Waals surface area contributed by atoms with E-state index in [1.165, 1.54) is 4.88 Å². The molecule has 23 heavy (non-hydrogen) atoms. The number of anilines is 1. The lowest BCUT2D eigenvalue weighted by molar-refractivity contribution is 0.768. The van der Waals surface area contributed by atoms with Gasteiger partial charge in [0.15, 0.2) is 0 Å². The standard InChI is InChI=1S/C16H20N6S/c1-9-6-17-16(21-14(9)13-7-18-22(5)8-13)19-10(2)15-11(3)23-12(4)20-15/h6-8,10H,1-5H3,(H,17,19,21)/t10-/m0/s1. The zero-order chi connectivity index (χ0) is 16.6. The first-order chi connectivity index (χ1) is 10.9. The van der Waals surface area contributed by atoms with Gasteiger partial charge >= 0.3 is 0 Å². The van der Waals surface area contributed by atoms with Crippen LogP contribution in [0.3, 0.4) is 0 Å². The molecular weight excluding hydrogens is 308 g/mol. The van der Waals surface area contributed by atoms with Gasteiger partial charge in [-0.25, -0.2) is 15.0 Å². The second kappa shape index (κ2) is 6.08. The van der Waals surface area contributed by atoms with Crippen LogP contribution < -0.4 is 5.32 Å².